The molecule has 1 aromatic rings. The Bertz CT molecular complexity index is 426. The summed E-state index contributed by atoms with van der Waals surface area (Å²) in [4.78, 5) is 14.4. The molecule has 110 valence electrons. The second kappa shape index (κ2) is 7.41. The van der Waals surface area contributed by atoms with Gasteiger partial charge in [0.1, 0.15) is 0 Å². The molecule has 0 radical (unpaired) electrons. The summed E-state index contributed by atoms with van der Waals surface area (Å²) in [5, 5.41) is 2.97. The average Bonchev–Trinajstić information content (AvgIpc) is 2.36. The lowest BCUT2D eigenvalue weighted by atomic mass is 9.91. The Balaban J connectivity index is 1.85. The van der Waals surface area contributed by atoms with Crippen LogP contribution in [-0.2, 0) is 4.79 Å². The van der Waals surface area contributed by atoms with Gasteiger partial charge < -0.3 is 11.1 Å². The Morgan fingerprint density at radius 2 is 2.05 bits per heavy atom. The smallest absolute Gasteiger partial charge is 0.238 e. The molecule has 0 heterocycles. The van der Waals surface area contributed by atoms with E-state index < -0.39 is 0 Å². The van der Waals surface area contributed by atoms with Crippen molar-refractivity contribution in [2.75, 3.05) is 25.0 Å². The number of hydrogen-bond acceptors (Lipinski definition) is 3. The number of carbonyl (C=O) groups excluding carboxylic acids is 1. The maximum atomic E-state index is 12.1. The minimum atomic E-state index is 0.0674. The molecular formula is C16H25N3O. The van der Waals surface area contributed by atoms with Crippen molar-refractivity contribution in [2.24, 2.45) is 5.73 Å². The van der Waals surface area contributed by atoms with Crippen LogP contribution in [0.5, 0.6) is 0 Å². The Hall–Kier alpha value is -1.39. The Morgan fingerprint density at radius 3 is 2.60 bits per heavy atom. The summed E-state index contributed by atoms with van der Waals surface area (Å²) in [5.74, 6) is 0.0674. The van der Waals surface area contributed by atoms with E-state index in [0.717, 1.165) is 18.7 Å². The van der Waals surface area contributed by atoms with Crippen molar-refractivity contribution < 1.29 is 4.79 Å². The lowest BCUT2D eigenvalue weighted by Gasteiger charge is -2.37. The molecule has 0 aromatic heterocycles. The van der Waals surface area contributed by atoms with Crippen LogP contribution in [0.1, 0.15) is 31.2 Å². The van der Waals surface area contributed by atoms with Crippen molar-refractivity contribution in [1.29, 1.82) is 0 Å². The fraction of sp³-hybridized carbons (Fsp3) is 0.562. The third kappa shape index (κ3) is 4.32. The average molecular weight is 275 g/mol. The molecule has 1 aliphatic carbocycles. The van der Waals surface area contributed by atoms with E-state index in [2.05, 4.69) is 10.2 Å². The number of hydrogen-bond donors (Lipinski definition) is 2. The first kappa shape index (κ1) is 15.0. The number of amides is 1. The monoisotopic (exact) mass is 275 g/mol. The molecule has 1 saturated carbocycles. The van der Waals surface area contributed by atoms with Crippen molar-refractivity contribution in [3.05, 3.63) is 29.8 Å². The van der Waals surface area contributed by atoms with Crippen molar-refractivity contribution in [2.45, 2.75) is 38.6 Å². The molecule has 3 N–H and O–H groups in total. The summed E-state index contributed by atoms with van der Waals surface area (Å²) in [5.41, 5.74) is 7.64. The second-order valence-electron chi connectivity index (χ2n) is 5.61. The van der Waals surface area contributed by atoms with Gasteiger partial charge in [0, 0.05) is 18.3 Å². The van der Waals surface area contributed by atoms with Crippen LogP contribution >= 0.6 is 0 Å². The summed E-state index contributed by atoms with van der Waals surface area (Å²) in [6.07, 6.45) is 4.66. The summed E-state index contributed by atoms with van der Waals surface area (Å²) in [7, 11) is 0. The zero-order valence-electron chi connectivity index (χ0n) is 12.3. The highest BCUT2D eigenvalue weighted by Crippen LogP contribution is 2.24. The number of benzene rings is 1. The number of rotatable bonds is 7. The van der Waals surface area contributed by atoms with Crippen LogP contribution in [0.4, 0.5) is 5.69 Å². The molecule has 0 bridgehead atoms. The minimum Gasteiger partial charge on any atom is -0.330 e. The number of anilines is 1. The Labute approximate surface area is 121 Å². The first-order valence-corrected chi connectivity index (χ1v) is 7.49. The quantitative estimate of drug-likeness (QED) is 0.801. The van der Waals surface area contributed by atoms with Gasteiger partial charge in [0.2, 0.25) is 5.91 Å². The van der Waals surface area contributed by atoms with E-state index in [0.29, 0.717) is 19.1 Å². The molecule has 20 heavy (non-hydrogen) atoms. The van der Waals surface area contributed by atoms with Gasteiger partial charge in [0.25, 0.3) is 0 Å². The van der Waals surface area contributed by atoms with Crippen molar-refractivity contribution in [3.63, 3.8) is 0 Å². The van der Waals surface area contributed by atoms with E-state index in [-0.39, 0.29) is 5.91 Å². The van der Waals surface area contributed by atoms with Gasteiger partial charge in [0.05, 0.1) is 6.54 Å². The highest BCUT2D eigenvalue weighted by Gasteiger charge is 2.25. The van der Waals surface area contributed by atoms with Crippen LogP contribution in [0.25, 0.3) is 0 Å². The largest absolute Gasteiger partial charge is 0.330 e. The predicted octanol–water partition coefficient (Wildman–Crippen LogP) is 2.14. The highest BCUT2D eigenvalue weighted by molar-refractivity contribution is 5.92. The minimum absolute atomic E-state index is 0.0674. The van der Waals surface area contributed by atoms with E-state index in [4.69, 9.17) is 5.73 Å². The number of nitrogens with one attached hydrogen (secondary N) is 1. The van der Waals surface area contributed by atoms with Crippen LogP contribution < -0.4 is 11.1 Å². The summed E-state index contributed by atoms with van der Waals surface area (Å²) < 4.78 is 0. The third-order valence-electron chi connectivity index (χ3n) is 3.92. The molecule has 1 aliphatic rings. The van der Waals surface area contributed by atoms with E-state index in [1.54, 1.807) is 0 Å². The topological polar surface area (TPSA) is 58.4 Å². The summed E-state index contributed by atoms with van der Waals surface area (Å²) in [6, 6.07) is 8.48. The van der Waals surface area contributed by atoms with Crippen LogP contribution in [0.3, 0.4) is 0 Å². The third-order valence-corrected chi connectivity index (χ3v) is 3.92. The summed E-state index contributed by atoms with van der Waals surface area (Å²) >= 11 is 0. The lowest BCUT2D eigenvalue weighted by Crippen LogP contribution is -2.45. The summed E-state index contributed by atoms with van der Waals surface area (Å²) in [6.45, 7) is 4.11. The van der Waals surface area contributed by atoms with Crippen molar-refractivity contribution in [3.8, 4) is 0 Å². The molecule has 0 atom stereocenters. The zero-order chi connectivity index (χ0) is 14.4. The highest BCUT2D eigenvalue weighted by atomic mass is 16.2. The van der Waals surface area contributed by atoms with Gasteiger partial charge in [-0.05, 0) is 44.9 Å². The standard InChI is InChI=1S/C16H25N3O/c1-13-6-8-14(9-7-13)18-16(20)12-19(11-3-10-17)15-4-2-5-15/h6-9,15H,2-5,10-12,17H2,1H3,(H,18,20). The van der Waals surface area contributed by atoms with Gasteiger partial charge >= 0.3 is 0 Å². The van der Waals surface area contributed by atoms with Crippen molar-refractivity contribution in [1.82, 2.24) is 4.90 Å². The van der Waals surface area contributed by atoms with E-state index in [1.807, 2.05) is 31.2 Å². The van der Waals surface area contributed by atoms with E-state index in [1.165, 1.54) is 24.8 Å². The molecular weight excluding hydrogens is 250 g/mol. The molecule has 0 saturated heterocycles. The van der Waals surface area contributed by atoms with E-state index >= 15 is 0 Å². The van der Waals surface area contributed by atoms with Crippen molar-refractivity contribution >= 4 is 11.6 Å². The number of nitrogens with two attached hydrogens (primary N) is 1. The molecule has 1 amide bonds. The van der Waals surface area contributed by atoms with Crippen LogP contribution in [0, 0.1) is 6.92 Å². The molecule has 0 spiro atoms. The molecule has 2 rings (SSSR count). The maximum Gasteiger partial charge on any atom is 0.238 e. The van der Waals surface area contributed by atoms with Gasteiger partial charge in [0.15, 0.2) is 0 Å². The van der Waals surface area contributed by atoms with Crippen LogP contribution in [0.15, 0.2) is 24.3 Å². The van der Waals surface area contributed by atoms with Gasteiger partial charge in [-0.2, -0.15) is 0 Å². The Kier molecular flexibility index (Phi) is 5.56. The van der Waals surface area contributed by atoms with Gasteiger partial charge in [-0.3, -0.25) is 9.69 Å². The normalized spacial score (nSPS) is 15.2. The number of carbonyl (C=O) groups is 1. The molecule has 0 unspecified atom stereocenters. The fourth-order valence-electron chi connectivity index (χ4n) is 2.46. The SMILES string of the molecule is Cc1ccc(NC(=O)CN(CCCN)C2CCC2)cc1. The van der Waals surface area contributed by atoms with Crippen LogP contribution in [-0.4, -0.2) is 36.5 Å². The molecule has 4 heteroatoms. The Morgan fingerprint density at radius 1 is 1.35 bits per heavy atom. The zero-order valence-corrected chi connectivity index (χ0v) is 12.3. The molecule has 4 nitrogen and oxygen atoms in total. The van der Waals surface area contributed by atoms with Gasteiger partial charge in [-0.15, -0.1) is 0 Å². The predicted molar refractivity (Wildman–Crippen MR) is 82.7 cm³/mol. The number of nitrogens with zero attached hydrogens (tertiary/aromatic N) is 1. The number of aryl methyl sites for hydroxylation is 1. The fourth-order valence-corrected chi connectivity index (χ4v) is 2.46. The van der Waals surface area contributed by atoms with Gasteiger partial charge in [-0.1, -0.05) is 24.1 Å². The first-order chi connectivity index (χ1) is 9.69. The molecule has 0 aliphatic heterocycles. The van der Waals surface area contributed by atoms with Gasteiger partial charge in [-0.25, -0.2) is 0 Å². The first-order valence-electron chi connectivity index (χ1n) is 7.49. The van der Waals surface area contributed by atoms with Crippen LogP contribution in [0.2, 0.25) is 0 Å². The molecule has 1 fully saturated rings. The van der Waals surface area contributed by atoms with E-state index in [9.17, 15) is 4.79 Å². The maximum absolute atomic E-state index is 12.1. The second-order valence-corrected chi connectivity index (χ2v) is 5.61. The molecule has 1 aromatic carbocycles. The lowest BCUT2D eigenvalue weighted by molar-refractivity contribution is -0.118.